The number of nitrogens with zero attached hydrogens (tertiary/aromatic N) is 3. The molecule has 6 nitrogen and oxygen atoms in total. The van der Waals surface area contributed by atoms with Crippen molar-refractivity contribution in [1.82, 2.24) is 15.0 Å². The minimum atomic E-state index is 0.553. The number of thiazole rings is 1. The van der Waals surface area contributed by atoms with E-state index >= 15 is 0 Å². The molecule has 0 aliphatic carbocycles. The van der Waals surface area contributed by atoms with Crippen LogP contribution in [0, 0.1) is 0 Å². The zero-order valence-corrected chi connectivity index (χ0v) is 16.5. The molecule has 0 spiro atoms. The molecule has 0 amide bonds. The van der Waals surface area contributed by atoms with Crippen LogP contribution in [0.1, 0.15) is 13.8 Å². The minimum Gasteiger partial charge on any atom is -0.490 e. The Hall–Kier alpha value is -3.19. The van der Waals surface area contributed by atoms with Crippen LogP contribution in [0.4, 0.5) is 11.5 Å². The average Bonchev–Trinajstić information content (AvgIpc) is 3.24. The molecular formula is C21H20N4O2S. The molecule has 4 rings (SSSR count). The summed E-state index contributed by atoms with van der Waals surface area (Å²) in [5.41, 5.74) is 2.78. The van der Waals surface area contributed by atoms with Gasteiger partial charge in [0.1, 0.15) is 17.2 Å². The average molecular weight is 392 g/mol. The van der Waals surface area contributed by atoms with Gasteiger partial charge in [-0.25, -0.2) is 15.0 Å². The zero-order chi connectivity index (χ0) is 19.3. The Morgan fingerprint density at radius 3 is 2.54 bits per heavy atom. The number of nitrogens with one attached hydrogen (secondary N) is 1. The smallest absolute Gasteiger partial charge is 0.163 e. The first-order valence-corrected chi connectivity index (χ1v) is 9.97. The van der Waals surface area contributed by atoms with Crippen LogP contribution in [0.25, 0.3) is 21.5 Å². The fourth-order valence-electron chi connectivity index (χ4n) is 2.93. The second-order valence-electron chi connectivity index (χ2n) is 5.95. The van der Waals surface area contributed by atoms with E-state index in [1.54, 1.807) is 17.7 Å². The molecule has 7 heteroatoms. The van der Waals surface area contributed by atoms with Crippen LogP contribution in [-0.2, 0) is 0 Å². The summed E-state index contributed by atoms with van der Waals surface area (Å²) in [5, 5.41) is 7.22. The number of rotatable bonds is 7. The van der Waals surface area contributed by atoms with Crippen LogP contribution in [0.2, 0.25) is 0 Å². The predicted octanol–water partition coefficient (Wildman–Crippen LogP) is 5.29. The number of ether oxygens (including phenoxy) is 2. The summed E-state index contributed by atoms with van der Waals surface area (Å²) in [5.74, 6) is 2.09. The van der Waals surface area contributed by atoms with Crippen molar-refractivity contribution in [3.8, 4) is 22.1 Å². The van der Waals surface area contributed by atoms with E-state index in [2.05, 4.69) is 26.3 Å². The number of fused-ring (bicyclic) bond motifs is 1. The van der Waals surface area contributed by atoms with E-state index in [0.29, 0.717) is 30.5 Å². The molecule has 0 aliphatic rings. The highest BCUT2D eigenvalue weighted by Crippen LogP contribution is 2.35. The van der Waals surface area contributed by atoms with Crippen molar-refractivity contribution in [1.29, 1.82) is 0 Å². The lowest BCUT2D eigenvalue weighted by atomic mass is 10.2. The molecule has 28 heavy (non-hydrogen) atoms. The van der Waals surface area contributed by atoms with E-state index in [0.717, 1.165) is 27.2 Å². The highest BCUT2D eigenvalue weighted by atomic mass is 32.1. The summed E-state index contributed by atoms with van der Waals surface area (Å²) in [4.78, 5) is 13.2. The minimum absolute atomic E-state index is 0.553. The Kier molecular flexibility index (Phi) is 5.34. The van der Waals surface area contributed by atoms with Gasteiger partial charge >= 0.3 is 0 Å². The second-order valence-corrected chi connectivity index (χ2v) is 6.84. The quantitative estimate of drug-likeness (QED) is 0.461. The van der Waals surface area contributed by atoms with Crippen molar-refractivity contribution in [3.63, 3.8) is 0 Å². The number of aromatic nitrogens is 3. The van der Waals surface area contributed by atoms with Gasteiger partial charge < -0.3 is 14.8 Å². The standard InChI is InChI=1S/C21H20N4O2S/c1-3-26-18-11-16-17(12-19(18)27-4-2)23-13-24-20(16)25-15-7-5-6-14(10-15)21-22-8-9-28-21/h5-13H,3-4H2,1-2H3,(H,23,24,25). The second kappa shape index (κ2) is 8.22. The van der Waals surface area contributed by atoms with Gasteiger partial charge in [0, 0.05) is 34.3 Å². The van der Waals surface area contributed by atoms with Gasteiger partial charge in [-0.15, -0.1) is 11.3 Å². The molecule has 2 aromatic heterocycles. The van der Waals surface area contributed by atoms with E-state index < -0.39 is 0 Å². The monoisotopic (exact) mass is 392 g/mol. The topological polar surface area (TPSA) is 69.2 Å². The van der Waals surface area contributed by atoms with E-state index in [4.69, 9.17) is 9.47 Å². The Labute approximate surface area is 167 Å². The molecule has 0 saturated carbocycles. The SMILES string of the molecule is CCOc1cc2ncnc(Nc3cccc(-c4nccs4)c3)c2cc1OCC. The van der Waals surface area contributed by atoms with Crippen LogP contribution in [0.15, 0.2) is 54.3 Å². The van der Waals surface area contributed by atoms with Crippen LogP contribution >= 0.6 is 11.3 Å². The molecule has 0 saturated heterocycles. The first-order valence-electron chi connectivity index (χ1n) is 9.09. The molecule has 2 aromatic carbocycles. The fraction of sp³-hybridized carbons (Fsp3) is 0.190. The summed E-state index contributed by atoms with van der Waals surface area (Å²) in [7, 11) is 0. The van der Waals surface area contributed by atoms with E-state index in [1.807, 2.05) is 55.8 Å². The van der Waals surface area contributed by atoms with Gasteiger partial charge in [0.05, 0.1) is 18.7 Å². The van der Waals surface area contributed by atoms with Crippen molar-refractivity contribution < 1.29 is 9.47 Å². The summed E-state index contributed by atoms with van der Waals surface area (Å²) in [6, 6.07) is 11.9. The lowest BCUT2D eigenvalue weighted by Gasteiger charge is -2.14. The van der Waals surface area contributed by atoms with E-state index in [9.17, 15) is 0 Å². The van der Waals surface area contributed by atoms with Gasteiger partial charge in [0.15, 0.2) is 11.5 Å². The summed E-state index contributed by atoms with van der Waals surface area (Å²) in [6.45, 7) is 5.01. The van der Waals surface area contributed by atoms with Gasteiger partial charge in [-0.3, -0.25) is 0 Å². The molecule has 0 bridgehead atoms. The largest absolute Gasteiger partial charge is 0.490 e. The molecule has 0 aliphatic heterocycles. The van der Waals surface area contributed by atoms with E-state index in [1.165, 1.54) is 0 Å². The van der Waals surface area contributed by atoms with Crippen molar-refractivity contribution in [2.24, 2.45) is 0 Å². The third kappa shape index (κ3) is 3.75. The highest BCUT2D eigenvalue weighted by Gasteiger charge is 2.12. The van der Waals surface area contributed by atoms with Crippen molar-refractivity contribution in [2.45, 2.75) is 13.8 Å². The molecule has 0 radical (unpaired) electrons. The number of benzene rings is 2. The maximum absolute atomic E-state index is 5.76. The first kappa shape index (κ1) is 18.2. The molecule has 142 valence electrons. The Morgan fingerprint density at radius 2 is 1.79 bits per heavy atom. The van der Waals surface area contributed by atoms with Crippen LogP contribution < -0.4 is 14.8 Å². The van der Waals surface area contributed by atoms with Gasteiger partial charge in [0.25, 0.3) is 0 Å². The molecule has 2 heterocycles. The highest BCUT2D eigenvalue weighted by molar-refractivity contribution is 7.13. The third-order valence-corrected chi connectivity index (χ3v) is 4.93. The third-order valence-electron chi connectivity index (χ3n) is 4.11. The lowest BCUT2D eigenvalue weighted by Crippen LogP contribution is -2.01. The fourth-order valence-corrected chi connectivity index (χ4v) is 3.57. The molecule has 0 atom stereocenters. The maximum Gasteiger partial charge on any atom is 0.163 e. The zero-order valence-electron chi connectivity index (χ0n) is 15.7. The van der Waals surface area contributed by atoms with Crippen LogP contribution in [0.3, 0.4) is 0 Å². The van der Waals surface area contributed by atoms with Crippen LogP contribution in [0.5, 0.6) is 11.5 Å². The molecule has 1 N–H and O–H groups in total. The Bertz CT molecular complexity index is 1080. The molecular weight excluding hydrogens is 372 g/mol. The maximum atomic E-state index is 5.76. The number of hydrogen-bond donors (Lipinski definition) is 1. The number of anilines is 2. The summed E-state index contributed by atoms with van der Waals surface area (Å²) < 4.78 is 11.5. The summed E-state index contributed by atoms with van der Waals surface area (Å²) in [6.07, 6.45) is 3.36. The number of hydrogen-bond acceptors (Lipinski definition) is 7. The van der Waals surface area contributed by atoms with Crippen molar-refractivity contribution >= 4 is 33.7 Å². The lowest BCUT2D eigenvalue weighted by molar-refractivity contribution is 0.288. The normalized spacial score (nSPS) is 10.8. The van der Waals surface area contributed by atoms with Gasteiger partial charge in [0.2, 0.25) is 0 Å². The Morgan fingerprint density at radius 1 is 0.964 bits per heavy atom. The summed E-state index contributed by atoms with van der Waals surface area (Å²) >= 11 is 1.61. The van der Waals surface area contributed by atoms with Crippen molar-refractivity contribution in [2.75, 3.05) is 18.5 Å². The van der Waals surface area contributed by atoms with Gasteiger partial charge in [-0.2, -0.15) is 0 Å². The van der Waals surface area contributed by atoms with Crippen LogP contribution in [-0.4, -0.2) is 28.2 Å². The Balaban J connectivity index is 1.73. The first-order chi connectivity index (χ1) is 13.8. The van der Waals surface area contributed by atoms with Gasteiger partial charge in [-0.1, -0.05) is 12.1 Å². The van der Waals surface area contributed by atoms with E-state index in [-0.39, 0.29) is 0 Å². The molecule has 0 fully saturated rings. The van der Waals surface area contributed by atoms with Gasteiger partial charge in [-0.05, 0) is 32.0 Å². The van der Waals surface area contributed by atoms with Crippen molar-refractivity contribution in [3.05, 3.63) is 54.3 Å². The molecule has 0 unspecified atom stereocenters. The predicted molar refractivity (Wildman–Crippen MR) is 113 cm³/mol. The molecule has 4 aromatic rings.